The summed E-state index contributed by atoms with van der Waals surface area (Å²) in [5.41, 5.74) is 4.25. The van der Waals surface area contributed by atoms with Crippen molar-refractivity contribution in [2.45, 2.75) is 0 Å². The van der Waals surface area contributed by atoms with Crippen molar-refractivity contribution in [3.63, 3.8) is 0 Å². The van der Waals surface area contributed by atoms with Gasteiger partial charge in [0, 0.05) is 29.7 Å². The number of hydrogen-bond donors (Lipinski definition) is 1. The number of carbonyl (C=O) groups is 1. The van der Waals surface area contributed by atoms with Gasteiger partial charge in [-0.2, -0.15) is 20.1 Å². The lowest BCUT2D eigenvalue weighted by Gasteiger charge is -2.30. The molecule has 37 heavy (non-hydrogen) atoms. The molecular weight excluding hydrogens is 589 g/mol. The van der Waals surface area contributed by atoms with Crippen LogP contribution in [0.3, 0.4) is 0 Å². The smallest absolute Gasteiger partial charge is 0.343 e. The van der Waals surface area contributed by atoms with Gasteiger partial charge in [0.25, 0.3) is 0 Å². The maximum absolute atomic E-state index is 12.4. The summed E-state index contributed by atoms with van der Waals surface area (Å²) in [6.07, 6.45) is 1.65. The SMILES string of the molecule is O=C(Oc1ccc(C=NNc2nc(N3CCOCC3)nc(N3CCOCC3)n2)cc1)c1cccc(I)c1. The molecule has 12 heteroatoms. The van der Waals surface area contributed by atoms with E-state index in [0.29, 0.717) is 55.6 Å². The summed E-state index contributed by atoms with van der Waals surface area (Å²) in [6.45, 7) is 5.41. The van der Waals surface area contributed by atoms with E-state index in [4.69, 9.17) is 19.2 Å². The largest absolute Gasteiger partial charge is 0.423 e. The molecule has 0 radical (unpaired) electrons. The number of aromatic nitrogens is 3. The van der Waals surface area contributed by atoms with Gasteiger partial charge in [-0.15, -0.1) is 0 Å². The van der Waals surface area contributed by atoms with E-state index >= 15 is 0 Å². The van der Waals surface area contributed by atoms with Gasteiger partial charge in [0.05, 0.1) is 38.2 Å². The summed E-state index contributed by atoms with van der Waals surface area (Å²) in [5, 5.41) is 4.31. The van der Waals surface area contributed by atoms with Crippen molar-refractivity contribution in [3.05, 3.63) is 63.2 Å². The molecule has 2 aliphatic rings. The van der Waals surface area contributed by atoms with Crippen molar-refractivity contribution in [3.8, 4) is 5.75 Å². The Labute approximate surface area is 228 Å². The number of anilines is 3. The summed E-state index contributed by atoms with van der Waals surface area (Å²) >= 11 is 2.16. The van der Waals surface area contributed by atoms with Crippen molar-refractivity contribution in [1.82, 2.24) is 15.0 Å². The molecule has 2 aromatic carbocycles. The van der Waals surface area contributed by atoms with Crippen LogP contribution in [0.2, 0.25) is 0 Å². The fourth-order valence-electron chi connectivity index (χ4n) is 3.78. The first-order valence-electron chi connectivity index (χ1n) is 11.9. The Balaban J connectivity index is 1.25. The molecule has 2 fully saturated rings. The highest BCUT2D eigenvalue weighted by atomic mass is 127. The van der Waals surface area contributed by atoms with E-state index < -0.39 is 5.97 Å². The third-order valence-electron chi connectivity index (χ3n) is 5.73. The summed E-state index contributed by atoms with van der Waals surface area (Å²) in [7, 11) is 0. The Bertz CT molecular complexity index is 1210. The molecule has 0 unspecified atom stereocenters. The van der Waals surface area contributed by atoms with E-state index in [2.05, 4.69) is 52.9 Å². The molecule has 2 aliphatic heterocycles. The molecule has 3 heterocycles. The second-order valence-electron chi connectivity index (χ2n) is 8.30. The summed E-state index contributed by atoms with van der Waals surface area (Å²) < 4.78 is 17.4. The molecule has 0 bridgehead atoms. The van der Waals surface area contributed by atoms with Crippen LogP contribution in [-0.4, -0.2) is 79.7 Å². The number of morpholine rings is 2. The van der Waals surface area contributed by atoms with E-state index in [1.54, 1.807) is 30.5 Å². The average Bonchev–Trinajstić information content (AvgIpc) is 2.95. The lowest BCUT2D eigenvalue weighted by atomic mass is 10.2. The molecule has 0 atom stereocenters. The van der Waals surface area contributed by atoms with Crippen LogP contribution in [0.4, 0.5) is 17.8 Å². The number of halogens is 1. The molecule has 1 N–H and O–H groups in total. The van der Waals surface area contributed by atoms with Crippen LogP contribution < -0.4 is 20.0 Å². The number of rotatable bonds is 7. The molecule has 5 rings (SSSR count). The molecule has 0 aliphatic carbocycles. The van der Waals surface area contributed by atoms with Crippen molar-refractivity contribution >= 4 is 52.6 Å². The van der Waals surface area contributed by atoms with Crippen LogP contribution in [0.1, 0.15) is 15.9 Å². The van der Waals surface area contributed by atoms with Crippen molar-refractivity contribution in [2.24, 2.45) is 5.10 Å². The molecule has 0 saturated carbocycles. The predicted octanol–water partition coefficient (Wildman–Crippen LogP) is 2.81. The van der Waals surface area contributed by atoms with E-state index in [1.807, 2.05) is 24.3 Å². The van der Waals surface area contributed by atoms with Crippen molar-refractivity contribution < 1.29 is 19.0 Å². The number of ether oxygens (including phenoxy) is 3. The Morgan fingerprint density at radius 2 is 1.54 bits per heavy atom. The Morgan fingerprint density at radius 3 is 2.14 bits per heavy atom. The fourth-order valence-corrected chi connectivity index (χ4v) is 4.32. The third-order valence-corrected chi connectivity index (χ3v) is 6.40. The summed E-state index contributed by atoms with van der Waals surface area (Å²) in [6, 6.07) is 14.3. The number of hydrogen-bond acceptors (Lipinski definition) is 11. The lowest BCUT2D eigenvalue weighted by molar-refractivity contribution is 0.0734. The van der Waals surface area contributed by atoms with Gasteiger partial charge in [-0.1, -0.05) is 6.07 Å². The molecule has 0 spiro atoms. The van der Waals surface area contributed by atoms with E-state index in [0.717, 1.165) is 35.3 Å². The molecule has 1 aromatic heterocycles. The van der Waals surface area contributed by atoms with Gasteiger partial charge in [-0.05, 0) is 70.6 Å². The van der Waals surface area contributed by atoms with Crippen LogP contribution >= 0.6 is 22.6 Å². The molecule has 3 aromatic rings. The van der Waals surface area contributed by atoms with E-state index in [9.17, 15) is 4.79 Å². The van der Waals surface area contributed by atoms with Crippen LogP contribution in [0.5, 0.6) is 5.75 Å². The monoisotopic (exact) mass is 615 g/mol. The van der Waals surface area contributed by atoms with Gasteiger partial charge in [0.2, 0.25) is 17.8 Å². The van der Waals surface area contributed by atoms with Crippen molar-refractivity contribution in [2.75, 3.05) is 67.8 Å². The number of hydrazone groups is 1. The zero-order valence-corrected chi connectivity index (χ0v) is 22.2. The van der Waals surface area contributed by atoms with Gasteiger partial charge in [-0.25, -0.2) is 10.2 Å². The van der Waals surface area contributed by atoms with E-state index in [1.165, 1.54) is 0 Å². The maximum atomic E-state index is 12.4. The Morgan fingerprint density at radius 1 is 0.919 bits per heavy atom. The minimum absolute atomic E-state index is 0.359. The standard InChI is InChI=1S/C25H26IN7O4/c26-20-3-1-2-19(16-20)22(34)37-21-6-4-18(5-7-21)17-27-31-23-28-24(32-8-12-35-13-9-32)30-25(29-23)33-10-14-36-15-11-33/h1-7,16-17H,8-15H2,(H,28,29,30,31). The maximum Gasteiger partial charge on any atom is 0.343 e. The second-order valence-corrected chi connectivity index (χ2v) is 9.54. The predicted molar refractivity (Wildman–Crippen MR) is 148 cm³/mol. The number of esters is 1. The van der Waals surface area contributed by atoms with Gasteiger partial charge < -0.3 is 24.0 Å². The van der Waals surface area contributed by atoms with Gasteiger partial charge in [0.15, 0.2) is 0 Å². The van der Waals surface area contributed by atoms with E-state index in [-0.39, 0.29) is 0 Å². The summed E-state index contributed by atoms with van der Waals surface area (Å²) in [5.74, 6) is 1.60. The van der Waals surface area contributed by atoms with Gasteiger partial charge >= 0.3 is 5.97 Å². The fraction of sp³-hybridized carbons (Fsp3) is 0.320. The Kier molecular flexibility index (Phi) is 8.38. The number of nitrogens with one attached hydrogen (secondary N) is 1. The van der Waals surface area contributed by atoms with Gasteiger partial charge in [-0.3, -0.25) is 0 Å². The number of benzene rings is 2. The number of carbonyl (C=O) groups excluding carboxylic acids is 1. The Hall–Kier alpha value is -3.36. The van der Waals surface area contributed by atoms with Crippen molar-refractivity contribution in [1.29, 1.82) is 0 Å². The minimum Gasteiger partial charge on any atom is -0.423 e. The lowest BCUT2D eigenvalue weighted by Crippen LogP contribution is -2.40. The highest BCUT2D eigenvalue weighted by molar-refractivity contribution is 14.1. The summed E-state index contributed by atoms with van der Waals surface area (Å²) in [4.78, 5) is 30.4. The van der Waals surface area contributed by atoms with Gasteiger partial charge in [0.1, 0.15) is 5.75 Å². The third kappa shape index (κ3) is 6.90. The topological polar surface area (TPSA) is 114 Å². The van der Waals surface area contributed by atoms with Crippen LogP contribution in [-0.2, 0) is 9.47 Å². The first-order chi connectivity index (χ1) is 18.1. The number of nitrogens with zero attached hydrogens (tertiary/aromatic N) is 6. The first-order valence-corrected chi connectivity index (χ1v) is 13.0. The minimum atomic E-state index is -0.399. The zero-order valence-electron chi connectivity index (χ0n) is 20.0. The first kappa shape index (κ1) is 25.3. The van der Waals surface area contributed by atoms with Crippen LogP contribution in [0.15, 0.2) is 53.6 Å². The zero-order chi connectivity index (χ0) is 25.5. The molecule has 192 valence electrons. The van der Waals surface area contributed by atoms with Crippen LogP contribution in [0.25, 0.3) is 0 Å². The molecule has 11 nitrogen and oxygen atoms in total. The van der Waals surface area contributed by atoms with Crippen LogP contribution in [0, 0.1) is 3.57 Å². The molecule has 0 amide bonds. The highest BCUT2D eigenvalue weighted by Gasteiger charge is 2.20. The quantitative estimate of drug-likeness (QED) is 0.140. The second kappa shape index (κ2) is 12.3. The molecule has 2 saturated heterocycles. The normalized spacial score (nSPS) is 16.1. The highest BCUT2D eigenvalue weighted by Crippen LogP contribution is 2.19. The average molecular weight is 615 g/mol. The molecular formula is C25H26IN7O4.